The minimum atomic E-state index is -3.37. The number of anilines is 1. The number of fused-ring (bicyclic) bond motifs is 2. The Morgan fingerprint density at radius 1 is 1.54 bits per heavy atom. The third-order valence-electron chi connectivity index (χ3n) is 3.97. The Balaban J connectivity index is 1.77. The first-order valence-corrected chi connectivity index (χ1v) is 9.40. The topological polar surface area (TPSA) is 127 Å². The summed E-state index contributed by atoms with van der Waals surface area (Å²) in [5, 5.41) is 0. The fourth-order valence-electron chi connectivity index (χ4n) is 2.94. The summed E-state index contributed by atoms with van der Waals surface area (Å²) in [5.41, 5.74) is 6.77. The maximum atomic E-state index is 9.88. The van der Waals surface area contributed by atoms with E-state index < -0.39 is 32.4 Å². The van der Waals surface area contributed by atoms with Crippen molar-refractivity contribution in [3.05, 3.63) is 11.1 Å². The second-order valence-electron chi connectivity index (χ2n) is 5.38. The van der Waals surface area contributed by atoms with Gasteiger partial charge in [0.25, 0.3) is 0 Å². The van der Waals surface area contributed by atoms with Gasteiger partial charge in [0.05, 0.1) is 0 Å². The number of rotatable bonds is 2. The Morgan fingerprint density at radius 2 is 2.33 bits per heavy atom. The van der Waals surface area contributed by atoms with Gasteiger partial charge in [0.2, 0.25) is 0 Å². The van der Waals surface area contributed by atoms with E-state index in [0.717, 1.165) is 0 Å². The van der Waals surface area contributed by atoms with Crippen LogP contribution in [0.4, 0.5) is 5.82 Å². The van der Waals surface area contributed by atoms with Gasteiger partial charge in [-0.15, -0.1) is 0 Å². The van der Waals surface area contributed by atoms with Gasteiger partial charge in [-0.2, -0.15) is 9.05 Å². The average Bonchev–Trinajstić information content (AvgIpc) is 3.03. The smallest absolute Gasteiger partial charge is 0.382 e. The minimum absolute atomic E-state index is 0.100. The molecular weight excluding hydrogens is 404 g/mol. The maximum Gasteiger partial charge on any atom is 0.488 e. The number of nitrogens with two attached hydrogens (primary N) is 1. The van der Waals surface area contributed by atoms with Crippen molar-refractivity contribution in [3.63, 3.8) is 0 Å². The molecule has 3 N–H and O–H groups in total. The standard InChI is InChI=1S/C11H13BBrN5O5P/c1-20-7-6-4(2-21-24(12,19)23-6)22-10(7)18-9-5(17-11(18)13)8(14)15-3-16-9/h3-4,6-7,10,19H,2H2,1H3,(H2,14,15,16)/q+1/t4-,6-,7?,10-,24?/m1/s1. The van der Waals surface area contributed by atoms with Crippen LogP contribution in [0.2, 0.25) is 0 Å². The van der Waals surface area contributed by atoms with Crippen LogP contribution in [0, 0.1) is 0 Å². The molecule has 2 aliphatic heterocycles. The fraction of sp³-hybridized carbons (Fsp3) is 0.545. The third kappa shape index (κ3) is 2.53. The van der Waals surface area contributed by atoms with Gasteiger partial charge in [0.1, 0.15) is 25.1 Å². The molecule has 2 fully saturated rings. The summed E-state index contributed by atoms with van der Waals surface area (Å²) in [6.07, 6.45) is -0.872. The highest BCUT2D eigenvalue weighted by molar-refractivity contribution is 9.10. The number of hydrogen-bond acceptors (Lipinski definition) is 9. The van der Waals surface area contributed by atoms with Gasteiger partial charge in [-0.1, -0.05) is 0 Å². The molecule has 2 aliphatic rings. The van der Waals surface area contributed by atoms with Crippen molar-refractivity contribution in [3.8, 4) is 0 Å². The molecule has 10 nitrogen and oxygen atoms in total. The van der Waals surface area contributed by atoms with E-state index in [1.165, 1.54) is 13.4 Å². The molecule has 0 bridgehead atoms. The second kappa shape index (κ2) is 5.84. The van der Waals surface area contributed by atoms with Gasteiger partial charge >= 0.3 is 15.4 Å². The van der Waals surface area contributed by atoms with Crippen molar-refractivity contribution in [1.29, 1.82) is 0 Å². The predicted octanol–water partition coefficient (Wildman–Crippen LogP) is 0.337. The zero-order valence-corrected chi connectivity index (χ0v) is 14.9. The van der Waals surface area contributed by atoms with E-state index in [9.17, 15) is 4.89 Å². The van der Waals surface area contributed by atoms with Crippen LogP contribution in [0.25, 0.3) is 11.2 Å². The zero-order chi connectivity index (χ0) is 17.1. The van der Waals surface area contributed by atoms with Gasteiger partial charge in [0, 0.05) is 7.11 Å². The van der Waals surface area contributed by atoms with Crippen LogP contribution < -0.4 is 5.73 Å². The van der Waals surface area contributed by atoms with Crippen molar-refractivity contribution in [2.45, 2.75) is 24.5 Å². The van der Waals surface area contributed by atoms with E-state index >= 15 is 0 Å². The molecule has 0 amide bonds. The largest absolute Gasteiger partial charge is 0.488 e. The molecular formula is C11H13BBrN5O5P+. The number of methoxy groups -OCH3 is 1. The highest BCUT2D eigenvalue weighted by atomic mass is 79.9. The summed E-state index contributed by atoms with van der Waals surface area (Å²) < 4.78 is 24.3. The Morgan fingerprint density at radius 3 is 3.08 bits per heavy atom. The lowest BCUT2D eigenvalue weighted by Crippen LogP contribution is -2.41. The predicted molar refractivity (Wildman–Crippen MR) is 87.9 cm³/mol. The van der Waals surface area contributed by atoms with Crippen LogP contribution in [0.1, 0.15) is 6.23 Å². The monoisotopic (exact) mass is 416 g/mol. The van der Waals surface area contributed by atoms with E-state index in [2.05, 4.69) is 30.9 Å². The summed E-state index contributed by atoms with van der Waals surface area (Å²) in [6.45, 7) is 0.100. The minimum Gasteiger partial charge on any atom is -0.382 e. The van der Waals surface area contributed by atoms with Crippen LogP contribution in [-0.4, -0.2) is 64.0 Å². The summed E-state index contributed by atoms with van der Waals surface area (Å²) in [5.74, 6) is 0.255. The van der Waals surface area contributed by atoms with E-state index in [0.29, 0.717) is 15.9 Å². The Hall–Kier alpha value is -0.875. The lowest BCUT2D eigenvalue weighted by Gasteiger charge is -2.29. The SMILES string of the molecule is [B][P+]1(O)OC[C@H]2O[C@@H](n3c(Br)nc4c(N)ncnc43)C(OC)[C@@H]2O1. The quantitative estimate of drug-likeness (QED) is 0.404. The molecule has 2 saturated heterocycles. The van der Waals surface area contributed by atoms with Crippen molar-refractivity contribution in [2.75, 3.05) is 19.5 Å². The summed E-state index contributed by atoms with van der Waals surface area (Å²) >= 11 is 3.39. The normalized spacial score (nSPS) is 36.1. The van der Waals surface area contributed by atoms with Crippen molar-refractivity contribution in [1.82, 2.24) is 19.5 Å². The van der Waals surface area contributed by atoms with E-state index in [-0.39, 0.29) is 12.4 Å². The summed E-state index contributed by atoms with van der Waals surface area (Å²) in [7, 11) is 3.75. The number of nitrogens with zero attached hydrogens (tertiary/aromatic N) is 4. The van der Waals surface area contributed by atoms with Crippen molar-refractivity contribution < 1.29 is 23.4 Å². The number of aromatic nitrogens is 4. The van der Waals surface area contributed by atoms with Gasteiger partial charge in [-0.05, 0) is 15.9 Å². The first-order valence-electron chi connectivity index (χ1n) is 6.97. The number of nitrogen functional groups attached to an aromatic ring is 1. The van der Waals surface area contributed by atoms with Crippen LogP contribution in [-0.2, 0) is 18.5 Å². The first kappa shape index (κ1) is 16.6. The van der Waals surface area contributed by atoms with Gasteiger partial charge in [0.15, 0.2) is 34.0 Å². The van der Waals surface area contributed by atoms with E-state index in [1.54, 1.807) is 4.57 Å². The molecule has 13 heteroatoms. The number of hydrogen-bond donors (Lipinski definition) is 2. The van der Waals surface area contributed by atoms with Crippen LogP contribution in [0.15, 0.2) is 11.1 Å². The van der Waals surface area contributed by atoms with Gasteiger partial charge in [-0.25, -0.2) is 19.8 Å². The summed E-state index contributed by atoms with van der Waals surface area (Å²) in [6, 6.07) is 0. The molecule has 0 spiro atoms. The zero-order valence-electron chi connectivity index (χ0n) is 12.4. The maximum absolute atomic E-state index is 9.88. The van der Waals surface area contributed by atoms with Crippen LogP contribution in [0.5, 0.6) is 0 Å². The van der Waals surface area contributed by atoms with Gasteiger partial charge in [-0.3, -0.25) is 4.57 Å². The molecule has 2 aromatic heterocycles. The third-order valence-corrected chi connectivity index (χ3v) is 5.59. The highest BCUT2D eigenvalue weighted by Gasteiger charge is 2.58. The molecule has 5 atom stereocenters. The molecule has 2 unspecified atom stereocenters. The average molecular weight is 417 g/mol. The van der Waals surface area contributed by atoms with Crippen LogP contribution >= 0.6 is 23.8 Å². The molecule has 0 saturated carbocycles. The summed E-state index contributed by atoms with van der Waals surface area (Å²) in [4.78, 5) is 22.4. The van der Waals surface area contributed by atoms with Crippen molar-refractivity contribution in [2.24, 2.45) is 0 Å². The molecule has 0 aromatic carbocycles. The van der Waals surface area contributed by atoms with E-state index in [4.69, 9.17) is 31.8 Å². The molecule has 2 aromatic rings. The first-order chi connectivity index (χ1) is 11.4. The Labute approximate surface area is 146 Å². The van der Waals surface area contributed by atoms with Crippen LogP contribution in [0.3, 0.4) is 0 Å². The van der Waals surface area contributed by atoms with E-state index in [1.807, 2.05) is 0 Å². The molecule has 0 aliphatic carbocycles. The molecule has 126 valence electrons. The number of imidazole rings is 1. The number of halogens is 1. The van der Waals surface area contributed by atoms with Crippen molar-refractivity contribution >= 4 is 48.3 Å². The molecule has 4 rings (SSSR count). The molecule has 24 heavy (non-hydrogen) atoms. The highest BCUT2D eigenvalue weighted by Crippen LogP contribution is 2.59. The second-order valence-corrected chi connectivity index (χ2v) is 7.68. The lowest BCUT2D eigenvalue weighted by atomic mass is 10.1. The molecule has 4 heterocycles. The lowest BCUT2D eigenvalue weighted by molar-refractivity contribution is -0.0625. The Bertz CT molecular complexity index is 793. The van der Waals surface area contributed by atoms with Gasteiger partial charge < -0.3 is 15.2 Å². The molecule has 2 radical (unpaired) electrons. The fourth-order valence-corrected chi connectivity index (χ4v) is 4.51. The number of ether oxygens (including phenoxy) is 2. The Kier molecular flexibility index (Phi) is 4.03.